The van der Waals surface area contributed by atoms with Crippen molar-refractivity contribution in [1.82, 2.24) is 0 Å². The lowest BCUT2D eigenvalue weighted by molar-refractivity contribution is 0.0386. The average molecular weight is 243 g/mol. The standard InChI is InChI=1S/C13H19ClO2/c1-11(13-7-4-3-5-8-13)15-9-6-10-16-12(2)14/h3-5,7-8,11-12H,6,9-10H2,1-2H3. The van der Waals surface area contributed by atoms with Crippen LogP contribution in [0.5, 0.6) is 0 Å². The first-order valence-corrected chi connectivity index (χ1v) is 6.06. The fraction of sp³-hybridized carbons (Fsp3) is 0.538. The molecule has 1 rings (SSSR count). The van der Waals surface area contributed by atoms with E-state index in [4.69, 9.17) is 21.1 Å². The Hall–Kier alpha value is -0.570. The van der Waals surface area contributed by atoms with Crippen molar-refractivity contribution in [2.24, 2.45) is 0 Å². The Morgan fingerprint density at radius 1 is 1.06 bits per heavy atom. The highest BCUT2D eigenvalue weighted by Gasteiger charge is 2.04. The van der Waals surface area contributed by atoms with Crippen molar-refractivity contribution in [3.05, 3.63) is 35.9 Å². The average Bonchev–Trinajstić information content (AvgIpc) is 2.29. The minimum absolute atomic E-state index is 0.134. The lowest BCUT2D eigenvalue weighted by Gasteiger charge is -2.13. The van der Waals surface area contributed by atoms with Gasteiger partial charge in [-0.3, -0.25) is 0 Å². The second-order valence-corrected chi connectivity index (χ2v) is 4.31. The summed E-state index contributed by atoms with van der Waals surface area (Å²) >= 11 is 5.65. The smallest absolute Gasteiger partial charge is 0.128 e. The van der Waals surface area contributed by atoms with Crippen molar-refractivity contribution < 1.29 is 9.47 Å². The summed E-state index contributed by atoms with van der Waals surface area (Å²) in [4.78, 5) is 0. The molecule has 0 heterocycles. The summed E-state index contributed by atoms with van der Waals surface area (Å²) in [6.07, 6.45) is 1.00. The molecule has 0 amide bonds. The van der Waals surface area contributed by atoms with Gasteiger partial charge in [0.2, 0.25) is 0 Å². The maximum absolute atomic E-state index is 5.69. The Morgan fingerprint density at radius 2 is 1.69 bits per heavy atom. The molecule has 3 heteroatoms. The van der Waals surface area contributed by atoms with E-state index in [1.807, 2.05) is 25.1 Å². The number of benzene rings is 1. The van der Waals surface area contributed by atoms with Crippen LogP contribution in [-0.4, -0.2) is 18.8 Å². The van der Waals surface area contributed by atoms with Gasteiger partial charge in [0, 0.05) is 6.61 Å². The molecule has 90 valence electrons. The molecule has 2 unspecified atom stereocenters. The number of hydrogen-bond acceptors (Lipinski definition) is 2. The largest absolute Gasteiger partial charge is 0.374 e. The third kappa shape index (κ3) is 5.50. The van der Waals surface area contributed by atoms with Crippen molar-refractivity contribution in [3.63, 3.8) is 0 Å². The number of alkyl halides is 1. The molecule has 0 aliphatic carbocycles. The first kappa shape index (κ1) is 13.5. The molecule has 0 aliphatic rings. The second kappa shape index (κ2) is 7.66. The van der Waals surface area contributed by atoms with Gasteiger partial charge in [0.15, 0.2) is 0 Å². The van der Waals surface area contributed by atoms with Gasteiger partial charge in [0.1, 0.15) is 5.56 Å². The van der Waals surface area contributed by atoms with Crippen LogP contribution in [0.4, 0.5) is 0 Å². The predicted molar refractivity (Wildman–Crippen MR) is 66.7 cm³/mol. The van der Waals surface area contributed by atoms with Crippen molar-refractivity contribution in [2.45, 2.75) is 31.9 Å². The minimum Gasteiger partial charge on any atom is -0.374 e. The molecule has 0 bridgehead atoms. The molecule has 1 aromatic rings. The van der Waals surface area contributed by atoms with Crippen molar-refractivity contribution >= 4 is 11.6 Å². The van der Waals surface area contributed by atoms with Gasteiger partial charge in [-0.2, -0.15) is 0 Å². The summed E-state index contributed by atoms with van der Waals surface area (Å²) in [5, 5.41) is 0. The van der Waals surface area contributed by atoms with E-state index in [1.54, 1.807) is 0 Å². The van der Waals surface area contributed by atoms with Crippen LogP contribution in [0.2, 0.25) is 0 Å². The maximum Gasteiger partial charge on any atom is 0.128 e. The summed E-state index contributed by atoms with van der Waals surface area (Å²) in [5.74, 6) is 0. The third-order valence-corrected chi connectivity index (χ3v) is 2.40. The maximum atomic E-state index is 5.69. The summed E-state index contributed by atoms with van der Waals surface area (Å²) in [6, 6.07) is 10.2. The van der Waals surface area contributed by atoms with E-state index in [2.05, 4.69) is 19.1 Å². The topological polar surface area (TPSA) is 18.5 Å². The number of hydrogen-bond donors (Lipinski definition) is 0. The number of rotatable bonds is 7. The van der Waals surface area contributed by atoms with E-state index in [-0.39, 0.29) is 11.7 Å². The minimum atomic E-state index is -0.216. The molecular weight excluding hydrogens is 224 g/mol. The normalized spacial score (nSPS) is 14.7. The Bertz CT molecular complexity index is 275. The third-order valence-electron chi connectivity index (χ3n) is 2.27. The molecule has 2 nitrogen and oxygen atoms in total. The zero-order chi connectivity index (χ0) is 11.8. The van der Waals surface area contributed by atoms with Crippen LogP contribution in [-0.2, 0) is 9.47 Å². The molecule has 0 N–H and O–H groups in total. The first-order valence-electron chi connectivity index (χ1n) is 5.62. The highest BCUT2D eigenvalue weighted by Crippen LogP contribution is 2.15. The van der Waals surface area contributed by atoms with Gasteiger partial charge in [0.25, 0.3) is 0 Å². The monoisotopic (exact) mass is 242 g/mol. The molecule has 0 aliphatic heterocycles. The van der Waals surface area contributed by atoms with Crippen LogP contribution < -0.4 is 0 Å². The molecular formula is C13H19ClO2. The first-order chi connectivity index (χ1) is 7.70. The Morgan fingerprint density at radius 3 is 2.31 bits per heavy atom. The summed E-state index contributed by atoms with van der Waals surface area (Å²) < 4.78 is 10.9. The quantitative estimate of drug-likeness (QED) is 0.536. The number of ether oxygens (including phenoxy) is 2. The van der Waals surface area contributed by atoms with Crippen LogP contribution in [0, 0.1) is 0 Å². The van der Waals surface area contributed by atoms with Gasteiger partial charge in [-0.1, -0.05) is 41.9 Å². The molecule has 0 aromatic heterocycles. The zero-order valence-corrected chi connectivity index (χ0v) is 10.6. The molecule has 0 saturated carbocycles. The van der Waals surface area contributed by atoms with Gasteiger partial charge in [-0.25, -0.2) is 0 Å². The van der Waals surface area contributed by atoms with E-state index >= 15 is 0 Å². The fourth-order valence-corrected chi connectivity index (χ4v) is 1.47. The van der Waals surface area contributed by atoms with E-state index in [0.717, 1.165) is 6.42 Å². The molecule has 2 atom stereocenters. The van der Waals surface area contributed by atoms with Gasteiger partial charge in [-0.05, 0) is 25.8 Å². The van der Waals surface area contributed by atoms with Gasteiger partial charge >= 0.3 is 0 Å². The van der Waals surface area contributed by atoms with E-state index in [0.29, 0.717) is 13.2 Å². The van der Waals surface area contributed by atoms with Crippen LogP contribution in [0.25, 0.3) is 0 Å². The highest BCUT2D eigenvalue weighted by atomic mass is 35.5. The van der Waals surface area contributed by atoms with Crippen LogP contribution in [0.3, 0.4) is 0 Å². The fourth-order valence-electron chi connectivity index (χ4n) is 1.39. The molecule has 1 aromatic carbocycles. The highest BCUT2D eigenvalue weighted by molar-refractivity contribution is 6.19. The summed E-state index contributed by atoms with van der Waals surface area (Å²) in [6.45, 7) is 5.21. The van der Waals surface area contributed by atoms with E-state index in [1.165, 1.54) is 5.56 Å². The van der Waals surface area contributed by atoms with Gasteiger partial charge in [0.05, 0.1) is 12.7 Å². The van der Waals surface area contributed by atoms with Crippen molar-refractivity contribution in [2.75, 3.05) is 13.2 Å². The SMILES string of the molecule is CC(Cl)OCCCOC(C)c1ccccc1. The summed E-state index contributed by atoms with van der Waals surface area (Å²) in [7, 11) is 0. The molecule has 0 radical (unpaired) electrons. The molecule has 0 spiro atoms. The Balaban J connectivity index is 2.14. The second-order valence-electron chi connectivity index (χ2n) is 3.69. The lowest BCUT2D eigenvalue weighted by atomic mass is 10.1. The van der Waals surface area contributed by atoms with E-state index < -0.39 is 0 Å². The van der Waals surface area contributed by atoms with Gasteiger partial charge < -0.3 is 9.47 Å². The van der Waals surface area contributed by atoms with Crippen LogP contribution in [0.15, 0.2) is 30.3 Å². The van der Waals surface area contributed by atoms with Crippen molar-refractivity contribution in [3.8, 4) is 0 Å². The zero-order valence-electron chi connectivity index (χ0n) is 9.86. The predicted octanol–water partition coefficient (Wildman–Crippen LogP) is 3.76. The molecule has 0 fully saturated rings. The van der Waals surface area contributed by atoms with Crippen LogP contribution in [0.1, 0.15) is 31.9 Å². The van der Waals surface area contributed by atoms with Gasteiger partial charge in [-0.15, -0.1) is 0 Å². The Labute approximate surface area is 103 Å². The Kier molecular flexibility index (Phi) is 6.46. The van der Waals surface area contributed by atoms with Crippen molar-refractivity contribution in [1.29, 1.82) is 0 Å². The molecule has 0 saturated heterocycles. The number of halogens is 1. The van der Waals surface area contributed by atoms with E-state index in [9.17, 15) is 0 Å². The molecule has 16 heavy (non-hydrogen) atoms. The van der Waals surface area contributed by atoms with Crippen LogP contribution >= 0.6 is 11.6 Å². The lowest BCUT2D eigenvalue weighted by Crippen LogP contribution is -2.07. The summed E-state index contributed by atoms with van der Waals surface area (Å²) in [5.41, 5.74) is 0.987.